The van der Waals surface area contributed by atoms with Crippen molar-refractivity contribution in [2.75, 3.05) is 17.6 Å². The minimum absolute atomic E-state index is 0.202. The second kappa shape index (κ2) is 5.75. The summed E-state index contributed by atoms with van der Waals surface area (Å²) in [4.78, 5) is 4.02. The van der Waals surface area contributed by atoms with E-state index in [1.807, 2.05) is 16.8 Å². The van der Waals surface area contributed by atoms with Gasteiger partial charge in [-0.05, 0) is 28.5 Å². The van der Waals surface area contributed by atoms with Gasteiger partial charge >= 0.3 is 0 Å². The number of aliphatic hydroxyl groups excluding tert-OH is 1. The Labute approximate surface area is 118 Å². The molecule has 2 aromatic heterocycles. The normalized spacial score (nSPS) is 12.4. The van der Waals surface area contributed by atoms with Crippen LogP contribution in [0, 0.1) is 0 Å². The quantitative estimate of drug-likeness (QED) is 0.811. The molecule has 18 heavy (non-hydrogen) atoms. The summed E-state index contributed by atoms with van der Waals surface area (Å²) in [6.07, 6.45) is -0.619. The van der Waals surface area contributed by atoms with Crippen LogP contribution >= 0.6 is 34.5 Å². The molecule has 0 spiro atoms. The highest BCUT2D eigenvalue weighted by Gasteiger charge is 2.11. The molecule has 2 rings (SSSR count). The topological polar surface area (TPSA) is 71.2 Å². The van der Waals surface area contributed by atoms with E-state index < -0.39 is 6.10 Å². The molecule has 7 heteroatoms. The Morgan fingerprint density at radius 3 is 2.89 bits per heavy atom. The van der Waals surface area contributed by atoms with Crippen molar-refractivity contribution in [1.82, 2.24) is 4.98 Å². The van der Waals surface area contributed by atoms with Crippen molar-refractivity contribution in [1.29, 1.82) is 0 Å². The summed E-state index contributed by atoms with van der Waals surface area (Å²) in [6, 6.07) is 3.38. The largest absolute Gasteiger partial charge is 0.387 e. The van der Waals surface area contributed by atoms with E-state index in [0.29, 0.717) is 22.4 Å². The minimum atomic E-state index is -0.619. The molecule has 0 aromatic carbocycles. The molecule has 0 fully saturated rings. The first-order valence-corrected chi connectivity index (χ1v) is 6.83. The molecule has 2 heterocycles. The standard InChI is InChI=1S/C11H11Cl2N3OS/c12-7-3-8(13)11(16-10(7)14)15-4-9(17)6-1-2-18-5-6/h1-3,5,9,17H,4H2,(H3,14,15,16). The van der Waals surface area contributed by atoms with Crippen LogP contribution in [0.2, 0.25) is 10.0 Å². The van der Waals surface area contributed by atoms with Gasteiger partial charge < -0.3 is 16.2 Å². The van der Waals surface area contributed by atoms with E-state index in [0.717, 1.165) is 5.56 Å². The summed E-state index contributed by atoms with van der Waals surface area (Å²) < 4.78 is 0. The van der Waals surface area contributed by atoms with E-state index in [-0.39, 0.29) is 5.82 Å². The van der Waals surface area contributed by atoms with Gasteiger partial charge in [0, 0.05) is 6.54 Å². The number of nitrogens with zero attached hydrogens (tertiary/aromatic N) is 1. The summed E-state index contributed by atoms with van der Waals surface area (Å²) in [6.45, 7) is 0.296. The molecule has 0 aliphatic heterocycles. The van der Waals surface area contributed by atoms with Crippen LogP contribution in [-0.4, -0.2) is 16.6 Å². The van der Waals surface area contributed by atoms with Crippen LogP contribution in [0.25, 0.3) is 0 Å². The Bertz CT molecular complexity index is 533. The number of aliphatic hydroxyl groups is 1. The summed E-state index contributed by atoms with van der Waals surface area (Å²) in [5.74, 6) is 0.612. The third kappa shape index (κ3) is 3.05. The average molecular weight is 304 g/mol. The molecule has 0 aliphatic carbocycles. The van der Waals surface area contributed by atoms with Gasteiger partial charge in [0.25, 0.3) is 0 Å². The number of nitrogens with two attached hydrogens (primary N) is 1. The molecule has 4 nitrogen and oxygen atoms in total. The highest BCUT2D eigenvalue weighted by atomic mass is 35.5. The molecule has 0 saturated carbocycles. The van der Waals surface area contributed by atoms with Gasteiger partial charge in [-0.25, -0.2) is 4.98 Å². The van der Waals surface area contributed by atoms with Gasteiger partial charge in [-0.1, -0.05) is 23.2 Å². The smallest absolute Gasteiger partial charge is 0.147 e. The maximum Gasteiger partial charge on any atom is 0.147 e. The third-order valence-electron chi connectivity index (χ3n) is 2.35. The van der Waals surface area contributed by atoms with Crippen LogP contribution in [0.3, 0.4) is 0 Å². The monoisotopic (exact) mass is 303 g/mol. The first kappa shape index (κ1) is 13.4. The van der Waals surface area contributed by atoms with Gasteiger partial charge in [0.15, 0.2) is 0 Å². The Morgan fingerprint density at radius 1 is 1.44 bits per heavy atom. The maximum atomic E-state index is 9.90. The van der Waals surface area contributed by atoms with Crippen LogP contribution < -0.4 is 11.1 Å². The summed E-state index contributed by atoms with van der Waals surface area (Å²) in [7, 11) is 0. The van der Waals surface area contributed by atoms with E-state index in [1.54, 1.807) is 0 Å². The number of thiophene rings is 1. The molecule has 0 saturated heterocycles. The number of halogens is 2. The van der Waals surface area contributed by atoms with E-state index >= 15 is 0 Å². The van der Waals surface area contributed by atoms with Crippen molar-refractivity contribution in [3.8, 4) is 0 Å². The lowest BCUT2D eigenvalue weighted by Crippen LogP contribution is -2.13. The Balaban J connectivity index is 2.04. The Hall–Kier alpha value is -1.01. The number of hydrogen-bond acceptors (Lipinski definition) is 5. The fourth-order valence-electron chi connectivity index (χ4n) is 1.38. The molecule has 96 valence electrons. The lowest BCUT2D eigenvalue weighted by Gasteiger charge is -2.12. The van der Waals surface area contributed by atoms with Gasteiger partial charge in [-0.3, -0.25) is 0 Å². The fraction of sp³-hybridized carbons (Fsp3) is 0.182. The van der Waals surface area contributed by atoms with Gasteiger partial charge in [-0.15, -0.1) is 0 Å². The van der Waals surface area contributed by atoms with Crippen LogP contribution in [0.15, 0.2) is 22.9 Å². The molecule has 0 aliphatic rings. The van der Waals surface area contributed by atoms with Crippen molar-refractivity contribution in [3.63, 3.8) is 0 Å². The zero-order valence-electron chi connectivity index (χ0n) is 9.23. The van der Waals surface area contributed by atoms with Crippen LogP contribution in [0.1, 0.15) is 11.7 Å². The highest BCUT2D eigenvalue weighted by Crippen LogP contribution is 2.28. The first-order valence-electron chi connectivity index (χ1n) is 5.13. The zero-order chi connectivity index (χ0) is 13.1. The fourth-order valence-corrected chi connectivity index (χ4v) is 2.51. The van der Waals surface area contributed by atoms with Gasteiger partial charge in [0.1, 0.15) is 11.6 Å². The first-order chi connectivity index (χ1) is 8.58. The molecule has 0 radical (unpaired) electrons. The summed E-state index contributed by atoms with van der Waals surface area (Å²) >= 11 is 13.3. The van der Waals surface area contributed by atoms with Crippen molar-refractivity contribution in [2.24, 2.45) is 0 Å². The molecule has 2 aromatic rings. The number of nitrogen functional groups attached to an aromatic ring is 1. The van der Waals surface area contributed by atoms with Crippen molar-refractivity contribution >= 4 is 46.2 Å². The Morgan fingerprint density at radius 2 is 2.22 bits per heavy atom. The van der Waals surface area contributed by atoms with Crippen molar-refractivity contribution in [2.45, 2.75) is 6.10 Å². The van der Waals surface area contributed by atoms with Crippen LogP contribution in [0.4, 0.5) is 11.6 Å². The Kier molecular flexibility index (Phi) is 4.29. The number of rotatable bonds is 4. The molecule has 0 bridgehead atoms. The van der Waals surface area contributed by atoms with Gasteiger partial charge in [0.2, 0.25) is 0 Å². The van der Waals surface area contributed by atoms with Crippen molar-refractivity contribution in [3.05, 3.63) is 38.5 Å². The summed E-state index contributed by atoms with van der Waals surface area (Å²) in [5.41, 5.74) is 6.44. The average Bonchev–Trinajstić information content (AvgIpc) is 2.85. The second-order valence-electron chi connectivity index (χ2n) is 3.64. The van der Waals surface area contributed by atoms with E-state index in [4.69, 9.17) is 28.9 Å². The zero-order valence-corrected chi connectivity index (χ0v) is 11.6. The molecule has 4 N–H and O–H groups in total. The highest BCUT2D eigenvalue weighted by molar-refractivity contribution is 7.07. The van der Waals surface area contributed by atoms with Crippen LogP contribution in [0.5, 0.6) is 0 Å². The van der Waals surface area contributed by atoms with Crippen LogP contribution in [-0.2, 0) is 0 Å². The van der Waals surface area contributed by atoms with E-state index in [1.165, 1.54) is 17.4 Å². The minimum Gasteiger partial charge on any atom is -0.387 e. The van der Waals surface area contributed by atoms with Gasteiger partial charge in [-0.2, -0.15) is 11.3 Å². The predicted molar refractivity (Wildman–Crippen MR) is 76.4 cm³/mol. The number of pyridine rings is 1. The molecule has 1 atom stereocenters. The number of nitrogens with one attached hydrogen (secondary N) is 1. The number of hydrogen-bond donors (Lipinski definition) is 3. The third-order valence-corrected chi connectivity index (χ3v) is 3.64. The summed E-state index contributed by atoms with van der Waals surface area (Å²) in [5, 5.41) is 17.3. The lowest BCUT2D eigenvalue weighted by atomic mass is 10.2. The molecular formula is C11H11Cl2N3OS. The van der Waals surface area contributed by atoms with Crippen molar-refractivity contribution < 1.29 is 5.11 Å². The molecule has 0 amide bonds. The maximum absolute atomic E-state index is 9.90. The SMILES string of the molecule is Nc1nc(NCC(O)c2ccsc2)c(Cl)cc1Cl. The van der Waals surface area contributed by atoms with E-state index in [2.05, 4.69) is 10.3 Å². The number of anilines is 2. The van der Waals surface area contributed by atoms with E-state index in [9.17, 15) is 5.11 Å². The second-order valence-corrected chi connectivity index (χ2v) is 5.23. The number of aromatic nitrogens is 1. The lowest BCUT2D eigenvalue weighted by molar-refractivity contribution is 0.192. The predicted octanol–water partition coefficient (Wildman–Crippen LogP) is 3.18. The molecular weight excluding hydrogens is 293 g/mol. The molecule has 1 unspecified atom stereocenters. The van der Waals surface area contributed by atoms with Gasteiger partial charge in [0.05, 0.1) is 16.1 Å².